The van der Waals surface area contributed by atoms with Crippen LogP contribution in [-0.4, -0.2) is 19.7 Å². The van der Waals surface area contributed by atoms with Crippen molar-refractivity contribution in [1.29, 1.82) is 0 Å². The number of aryl methyl sites for hydroxylation is 1. The van der Waals surface area contributed by atoms with E-state index in [1.807, 2.05) is 0 Å². The van der Waals surface area contributed by atoms with Crippen molar-refractivity contribution in [3.8, 4) is 0 Å². The van der Waals surface area contributed by atoms with Crippen LogP contribution in [0.1, 0.15) is 0 Å². The molecule has 0 bridgehead atoms. The van der Waals surface area contributed by atoms with E-state index in [9.17, 15) is 10.1 Å². The molecular weight excluding hydrogens is 256 g/mol. The Kier molecular flexibility index (Phi) is 3.44. The lowest BCUT2D eigenvalue weighted by Gasteiger charge is -2.04. The zero-order valence-corrected chi connectivity index (χ0v) is 10.2. The minimum absolute atomic E-state index is 0.0323. The number of non-ortho nitro benzene ring substituents is 1. The lowest BCUT2D eigenvalue weighted by Crippen LogP contribution is -2.07. The summed E-state index contributed by atoms with van der Waals surface area (Å²) in [4.78, 5) is 11.0. The number of benzene rings is 1. The minimum Gasteiger partial charge on any atom is -0.324 e. The molecule has 18 heavy (non-hydrogen) atoms. The number of nitro groups is 1. The molecule has 0 spiro atoms. The lowest BCUT2D eigenvalue weighted by atomic mass is 10.3. The zero-order chi connectivity index (χ0) is 13.1. The number of rotatable bonds is 4. The molecule has 0 atom stereocenters. The van der Waals surface area contributed by atoms with Crippen LogP contribution in [0.25, 0.3) is 0 Å². The lowest BCUT2D eigenvalue weighted by molar-refractivity contribution is -0.385. The van der Waals surface area contributed by atoms with Gasteiger partial charge in [-0.1, -0.05) is 0 Å². The standard InChI is InChI=1S/C9H10N6O2S/c1-14-5-11-13-9(14)18-8-3-6(12-10)2-7(4-8)15(16)17/h2-5,12H,10H2,1H3. The maximum atomic E-state index is 10.8. The van der Waals surface area contributed by atoms with Gasteiger partial charge < -0.3 is 9.99 Å². The Morgan fingerprint density at radius 1 is 1.50 bits per heavy atom. The van der Waals surface area contributed by atoms with Crippen molar-refractivity contribution in [1.82, 2.24) is 14.8 Å². The van der Waals surface area contributed by atoms with Gasteiger partial charge in [0.2, 0.25) is 0 Å². The molecule has 1 aromatic heterocycles. The maximum Gasteiger partial charge on any atom is 0.272 e. The predicted molar refractivity (Wildman–Crippen MR) is 66.0 cm³/mol. The number of aromatic nitrogens is 3. The van der Waals surface area contributed by atoms with Crippen molar-refractivity contribution < 1.29 is 4.92 Å². The van der Waals surface area contributed by atoms with E-state index in [-0.39, 0.29) is 5.69 Å². The first kappa shape index (κ1) is 12.3. The van der Waals surface area contributed by atoms with E-state index in [4.69, 9.17) is 5.84 Å². The third-order valence-electron chi connectivity index (χ3n) is 2.15. The molecule has 1 aromatic carbocycles. The van der Waals surface area contributed by atoms with Crippen molar-refractivity contribution in [2.45, 2.75) is 10.1 Å². The first-order valence-corrected chi connectivity index (χ1v) is 5.70. The van der Waals surface area contributed by atoms with Crippen LogP contribution in [0.2, 0.25) is 0 Å². The summed E-state index contributed by atoms with van der Waals surface area (Å²) < 4.78 is 1.72. The molecule has 0 saturated heterocycles. The Labute approximate surface area is 106 Å². The molecule has 0 fully saturated rings. The number of nitro benzene ring substituents is 1. The summed E-state index contributed by atoms with van der Waals surface area (Å²) in [7, 11) is 1.79. The number of nitrogens with zero attached hydrogens (tertiary/aromatic N) is 4. The number of anilines is 1. The van der Waals surface area contributed by atoms with Gasteiger partial charge in [-0.25, -0.2) is 0 Å². The topological polar surface area (TPSA) is 112 Å². The van der Waals surface area contributed by atoms with Gasteiger partial charge in [-0.2, -0.15) is 0 Å². The normalized spacial score (nSPS) is 10.3. The van der Waals surface area contributed by atoms with E-state index in [1.54, 1.807) is 24.0 Å². The summed E-state index contributed by atoms with van der Waals surface area (Å²) in [5, 5.41) is 19.1. The SMILES string of the molecule is Cn1cnnc1Sc1cc(NN)cc([N+](=O)[O-])c1. The van der Waals surface area contributed by atoms with Gasteiger partial charge in [-0.3, -0.25) is 16.0 Å². The summed E-state index contributed by atoms with van der Waals surface area (Å²) in [6.45, 7) is 0. The van der Waals surface area contributed by atoms with E-state index in [2.05, 4.69) is 15.6 Å². The van der Waals surface area contributed by atoms with Crippen LogP contribution >= 0.6 is 11.8 Å². The second-order valence-corrected chi connectivity index (χ2v) is 4.48. The Morgan fingerprint density at radius 3 is 2.83 bits per heavy atom. The molecule has 0 amide bonds. The van der Waals surface area contributed by atoms with Crippen LogP contribution < -0.4 is 11.3 Å². The van der Waals surface area contributed by atoms with Crippen molar-refractivity contribution >= 4 is 23.1 Å². The van der Waals surface area contributed by atoms with E-state index in [1.165, 1.54) is 23.9 Å². The molecule has 3 N–H and O–H groups in total. The molecule has 0 aliphatic rings. The van der Waals surface area contributed by atoms with Crippen molar-refractivity contribution in [2.75, 3.05) is 5.43 Å². The highest BCUT2D eigenvalue weighted by atomic mass is 32.2. The Hall–Kier alpha value is -2.13. The van der Waals surface area contributed by atoms with Crippen molar-refractivity contribution in [2.24, 2.45) is 12.9 Å². The maximum absolute atomic E-state index is 10.8. The fourth-order valence-corrected chi connectivity index (χ4v) is 2.16. The van der Waals surface area contributed by atoms with Gasteiger partial charge in [-0.05, 0) is 17.8 Å². The van der Waals surface area contributed by atoms with Crippen LogP contribution in [0.3, 0.4) is 0 Å². The Balaban J connectivity index is 2.35. The van der Waals surface area contributed by atoms with E-state index in [0.717, 1.165) is 0 Å². The van der Waals surface area contributed by atoms with Crippen LogP contribution in [0, 0.1) is 10.1 Å². The first-order valence-electron chi connectivity index (χ1n) is 4.88. The average molecular weight is 266 g/mol. The highest BCUT2D eigenvalue weighted by Gasteiger charge is 2.12. The van der Waals surface area contributed by atoms with Crippen LogP contribution in [-0.2, 0) is 7.05 Å². The van der Waals surface area contributed by atoms with Crippen molar-refractivity contribution in [3.63, 3.8) is 0 Å². The smallest absolute Gasteiger partial charge is 0.272 e. The number of hydrogen-bond donors (Lipinski definition) is 2. The van der Waals surface area contributed by atoms with Gasteiger partial charge >= 0.3 is 0 Å². The number of nitrogens with two attached hydrogens (primary N) is 1. The molecule has 2 rings (SSSR count). The quantitative estimate of drug-likeness (QED) is 0.485. The number of hydrazine groups is 1. The average Bonchev–Trinajstić information content (AvgIpc) is 2.74. The van der Waals surface area contributed by atoms with E-state index < -0.39 is 4.92 Å². The zero-order valence-electron chi connectivity index (χ0n) is 9.40. The molecular formula is C9H10N6O2S. The number of nitrogens with one attached hydrogen (secondary N) is 1. The van der Waals surface area contributed by atoms with Gasteiger partial charge in [0.1, 0.15) is 6.33 Å². The second-order valence-electron chi connectivity index (χ2n) is 3.44. The van der Waals surface area contributed by atoms with Gasteiger partial charge in [0, 0.05) is 24.1 Å². The molecule has 9 heteroatoms. The minimum atomic E-state index is -0.471. The highest BCUT2D eigenvalue weighted by Crippen LogP contribution is 2.31. The summed E-state index contributed by atoms with van der Waals surface area (Å²) in [5.41, 5.74) is 2.83. The van der Waals surface area contributed by atoms with E-state index in [0.29, 0.717) is 15.7 Å². The summed E-state index contributed by atoms with van der Waals surface area (Å²) in [5.74, 6) is 5.28. The molecule has 0 unspecified atom stereocenters. The summed E-state index contributed by atoms with van der Waals surface area (Å²) in [6.07, 6.45) is 1.56. The van der Waals surface area contributed by atoms with Gasteiger partial charge in [0.05, 0.1) is 10.6 Å². The third-order valence-corrected chi connectivity index (χ3v) is 3.17. The molecule has 1 heterocycles. The number of nitrogen functional groups attached to an aromatic ring is 1. The monoisotopic (exact) mass is 266 g/mol. The molecule has 94 valence electrons. The molecule has 0 saturated carbocycles. The van der Waals surface area contributed by atoms with Gasteiger partial charge in [0.25, 0.3) is 5.69 Å². The fourth-order valence-electron chi connectivity index (χ4n) is 1.30. The summed E-state index contributed by atoms with van der Waals surface area (Å²) in [6, 6.07) is 4.52. The van der Waals surface area contributed by atoms with Crippen LogP contribution in [0.4, 0.5) is 11.4 Å². The fraction of sp³-hybridized carbons (Fsp3) is 0.111. The predicted octanol–water partition coefficient (Wildman–Crippen LogP) is 1.16. The third kappa shape index (κ3) is 2.57. The molecule has 0 radical (unpaired) electrons. The number of hydrogen-bond acceptors (Lipinski definition) is 7. The molecule has 0 aliphatic heterocycles. The van der Waals surface area contributed by atoms with Gasteiger partial charge in [-0.15, -0.1) is 10.2 Å². The largest absolute Gasteiger partial charge is 0.324 e. The molecule has 8 nitrogen and oxygen atoms in total. The summed E-state index contributed by atoms with van der Waals surface area (Å²) >= 11 is 1.27. The Bertz CT molecular complexity index is 584. The van der Waals surface area contributed by atoms with E-state index >= 15 is 0 Å². The Morgan fingerprint density at radius 2 is 2.28 bits per heavy atom. The van der Waals surface area contributed by atoms with Crippen LogP contribution in [0.5, 0.6) is 0 Å². The first-order chi connectivity index (χ1) is 8.60. The molecule has 0 aliphatic carbocycles. The van der Waals surface area contributed by atoms with Crippen LogP contribution in [0.15, 0.2) is 34.6 Å². The second kappa shape index (κ2) is 5.02. The van der Waals surface area contributed by atoms with Crippen molar-refractivity contribution in [3.05, 3.63) is 34.6 Å². The highest BCUT2D eigenvalue weighted by molar-refractivity contribution is 7.99. The molecule has 2 aromatic rings. The van der Waals surface area contributed by atoms with Gasteiger partial charge in [0.15, 0.2) is 5.16 Å².